The van der Waals surface area contributed by atoms with E-state index in [1.54, 1.807) is 0 Å². The number of carbonyl (C=O) groups is 2. The van der Waals surface area contributed by atoms with Crippen molar-refractivity contribution in [2.75, 3.05) is 11.6 Å². The first-order valence-electron chi connectivity index (χ1n) is 8.44. The number of halogens is 1. The van der Waals surface area contributed by atoms with Crippen LogP contribution in [-0.4, -0.2) is 26.5 Å². The molecule has 1 aliphatic rings. The number of primary amides is 1. The fourth-order valence-corrected chi connectivity index (χ4v) is 5.31. The van der Waals surface area contributed by atoms with E-state index in [4.69, 9.17) is 17.3 Å². The Morgan fingerprint density at radius 2 is 1.89 bits per heavy atom. The van der Waals surface area contributed by atoms with E-state index in [0.29, 0.717) is 10.6 Å². The van der Waals surface area contributed by atoms with Crippen LogP contribution in [0.1, 0.15) is 50.4 Å². The van der Waals surface area contributed by atoms with Crippen molar-refractivity contribution in [1.82, 2.24) is 0 Å². The summed E-state index contributed by atoms with van der Waals surface area (Å²) in [5, 5.41) is 3.22. The Morgan fingerprint density at radius 1 is 1.19 bits per heavy atom. The average Bonchev–Trinajstić information content (AvgIpc) is 2.75. The van der Waals surface area contributed by atoms with Gasteiger partial charge in [0.05, 0.1) is 21.0 Å². The highest BCUT2D eigenvalue weighted by atomic mass is 35.5. The highest BCUT2D eigenvalue weighted by Gasteiger charge is 2.25. The Morgan fingerprint density at radius 3 is 2.56 bits per heavy atom. The van der Waals surface area contributed by atoms with Crippen molar-refractivity contribution >= 4 is 49.6 Å². The monoisotopic (exact) mass is 426 g/mol. The molecule has 0 saturated heterocycles. The lowest BCUT2D eigenvalue weighted by Gasteiger charge is -2.09. The van der Waals surface area contributed by atoms with E-state index in [9.17, 15) is 18.0 Å². The third-order valence-corrected chi connectivity index (χ3v) is 7.15. The van der Waals surface area contributed by atoms with Gasteiger partial charge in [0.15, 0.2) is 9.84 Å². The molecule has 1 aromatic heterocycles. The number of aryl methyl sites for hydroxylation is 1. The van der Waals surface area contributed by atoms with E-state index in [1.165, 1.54) is 29.5 Å². The second-order valence-electron chi connectivity index (χ2n) is 6.50. The average molecular weight is 427 g/mol. The summed E-state index contributed by atoms with van der Waals surface area (Å²) >= 11 is 7.44. The lowest BCUT2D eigenvalue weighted by molar-refractivity contribution is 0.100. The predicted molar refractivity (Wildman–Crippen MR) is 107 cm³/mol. The number of benzene rings is 1. The molecule has 1 aliphatic carbocycles. The number of nitrogens with two attached hydrogens (primary N) is 1. The van der Waals surface area contributed by atoms with Crippen LogP contribution in [-0.2, 0) is 22.7 Å². The van der Waals surface area contributed by atoms with E-state index < -0.39 is 21.7 Å². The van der Waals surface area contributed by atoms with Gasteiger partial charge in [0.1, 0.15) is 5.00 Å². The van der Waals surface area contributed by atoms with Gasteiger partial charge in [-0.3, -0.25) is 9.59 Å². The minimum absolute atomic E-state index is 0.00543. The van der Waals surface area contributed by atoms with E-state index in [0.717, 1.165) is 48.8 Å². The maximum absolute atomic E-state index is 12.7. The van der Waals surface area contributed by atoms with Gasteiger partial charge in [-0.05, 0) is 49.4 Å². The molecular formula is C18H19ClN2O4S2. The Balaban J connectivity index is 1.99. The number of hydrogen-bond acceptors (Lipinski definition) is 5. The molecule has 1 heterocycles. The Kier molecular flexibility index (Phi) is 5.60. The standard InChI is InChI=1S/C18H19ClN2O4S2/c1-27(24,25)10-7-8-13(19)12(9-10)17(23)21-18-15(16(20)22)11-5-3-2-4-6-14(11)26-18/h7-9H,2-6H2,1H3,(H2,20,22)(H,21,23). The van der Waals surface area contributed by atoms with Crippen molar-refractivity contribution in [3.05, 3.63) is 44.8 Å². The highest BCUT2D eigenvalue weighted by molar-refractivity contribution is 7.90. The number of rotatable bonds is 4. The van der Waals surface area contributed by atoms with Gasteiger partial charge in [-0.2, -0.15) is 0 Å². The SMILES string of the molecule is CS(=O)(=O)c1ccc(Cl)c(C(=O)Nc2sc3c(c2C(N)=O)CCCCC3)c1. The van der Waals surface area contributed by atoms with Gasteiger partial charge in [-0.1, -0.05) is 18.0 Å². The fourth-order valence-electron chi connectivity index (χ4n) is 3.17. The van der Waals surface area contributed by atoms with Crippen LogP contribution in [0.4, 0.5) is 5.00 Å². The first kappa shape index (κ1) is 19.9. The Hall–Kier alpha value is -1.90. The number of fused-ring (bicyclic) bond motifs is 1. The zero-order chi connectivity index (χ0) is 19.8. The Labute approximate surface area is 166 Å². The number of thiophene rings is 1. The zero-order valence-electron chi connectivity index (χ0n) is 14.7. The first-order chi connectivity index (χ1) is 12.7. The van der Waals surface area contributed by atoms with Crippen LogP contribution in [0.5, 0.6) is 0 Å². The summed E-state index contributed by atoms with van der Waals surface area (Å²) < 4.78 is 23.5. The number of sulfone groups is 1. The molecule has 0 radical (unpaired) electrons. The zero-order valence-corrected chi connectivity index (χ0v) is 17.1. The molecule has 0 bridgehead atoms. The van der Waals surface area contributed by atoms with Crippen molar-refractivity contribution in [3.8, 4) is 0 Å². The summed E-state index contributed by atoms with van der Waals surface area (Å²) in [6, 6.07) is 3.94. The Bertz CT molecular complexity index is 1030. The molecule has 3 rings (SSSR count). The van der Waals surface area contributed by atoms with Gasteiger partial charge in [-0.15, -0.1) is 11.3 Å². The van der Waals surface area contributed by atoms with Gasteiger partial charge in [0.25, 0.3) is 11.8 Å². The van der Waals surface area contributed by atoms with Crippen molar-refractivity contribution < 1.29 is 18.0 Å². The highest BCUT2D eigenvalue weighted by Crippen LogP contribution is 2.37. The lowest BCUT2D eigenvalue weighted by Crippen LogP contribution is -2.18. The minimum Gasteiger partial charge on any atom is -0.365 e. The third kappa shape index (κ3) is 4.17. The molecule has 0 unspecified atom stereocenters. The van der Waals surface area contributed by atoms with E-state index in [2.05, 4.69) is 5.32 Å². The molecule has 144 valence electrons. The maximum atomic E-state index is 12.7. The van der Waals surface area contributed by atoms with Crippen LogP contribution < -0.4 is 11.1 Å². The molecule has 0 aliphatic heterocycles. The summed E-state index contributed by atoms with van der Waals surface area (Å²) in [5.74, 6) is -1.16. The molecular weight excluding hydrogens is 408 g/mol. The molecule has 0 atom stereocenters. The predicted octanol–water partition coefficient (Wildman–Crippen LogP) is 3.43. The van der Waals surface area contributed by atoms with Crippen molar-refractivity contribution in [3.63, 3.8) is 0 Å². The molecule has 0 saturated carbocycles. The summed E-state index contributed by atoms with van der Waals surface area (Å²) in [4.78, 5) is 25.8. The molecule has 2 amide bonds. The van der Waals surface area contributed by atoms with Crippen LogP contribution >= 0.6 is 22.9 Å². The quantitative estimate of drug-likeness (QED) is 0.730. The van der Waals surface area contributed by atoms with E-state index in [-0.39, 0.29) is 15.5 Å². The second kappa shape index (κ2) is 7.61. The topological polar surface area (TPSA) is 106 Å². The number of anilines is 1. The molecule has 6 nitrogen and oxygen atoms in total. The molecule has 2 aromatic rings. The van der Waals surface area contributed by atoms with Gasteiger partial charge in [0.2, 0.25) is 0 Å². The molecule has 9 heteroatoms. The smallest absolute Gasteiger partial charge is 0.257 e. The summed E-state index contributed by atoms with van der Waals surface area (Å²) in [7, 11) is -3.49. The molecule has 3 N–H and O–H groups in total. The number of carbonyl (C=O) groups excluding carboxylic acids is 2. The van der Waals surface area contributed by atoms with Gasteiger partial charge >= 0.3 is 0 Å². The summed E-state index contributed by atoms with van der Waals surface area (Å²) in [6.45, 7) is 0. The van der Waals surface area contributed by atoms with Crippen molar-refractivity contribution in [2.45, 2.75) is 37.0 Å². The molecule has 0 fully saturated rings. The minimum atomic E-state index is -3.49. The van der Waals surface area contributed by atoms with Gasteiger partial charge in [-0.25, -0.2) is 8.42 Å². The van der Waals surface area contributed by atoms with Crippen molar-refractivity contribution in [1.29, 1.82) is 0 Å². The number of hydrogen-bond donors (Lipinski definition) is 2. The third-order valence-electron chi connectivity index (χ3n) is 4.51. The van der Waals surface area contributed by atoms with Crippen molar-refractivity contribution in [2.24, 2.45) is 5.73 Å². The van der Waals surface area contributed by atoms with E-state index in [1.807, 2.05) is 0 Å². The number of nitrogens with one attached hydrogen (secondary N) is 1. The maximum Gasteiger partial charge on any atom is 0.257 e. The fraction of sp³-hybridized carbons (Fsp3) is 0.333. The summed E-state index contributed by atoms with van der Waals surface area (Å²) in [5.41, 5.74) is 6.86. The van der Waals surface area contributed by atoms with Crippen LogP contribution in [0, 0.1) is 0 Å². The molecule has 27 heavy (non-hydrogen) atoms. The van der Waals surface area contributed by atoms with Crippen LogP contribution in [0.25, 0.3) is 0 Å². The lowest BCUT2D eigenvalue weighted by atomic mass is 10.1. The molecule has 1 aromatic carbocycles. The summed E-state index contributed by atoms with van der Waals surface area (Å²) in [6.07, 6.45) is 5.75. The normalized spacial score (nSPS) is 14.3. The second-order valence-corrected chi connectivity index (χ2v) is 10.0. The van der Waals surface area contributed by atoms with Gasteiger partial charge < -0.3 is 11.1 Å². The first-order valence-corrected chi connectivity index (χ1v) is 11.5. The van der Waals surface area contributed by atoms with Crippen LogP contribution in [0.2, 0.25) is 5.02 Å². The number of amides is 2. The van der Waals surface area contributed by atoms with Crippen LogP contribution in [0.15, 0.2) is 23.1 Å². The largest absolute Gasteiger partial charge is 0.365 e. The van der Waals surface area contributed by atoms with Crippen LogP contribution in [0.3, 0.4) is 0 Å². The van der Waals surface area contributed by atoms with Gasteiger partial charge in [0, 0.05) is 11.1 Å². The van der Waals surface area contributed by atoms with E-state index >= 15 is 0 Å². The molecule has 0 spiro atoms.